The van der Waals surface area contributed by atoms with Crippen molar-refractivity contribution in [3.05, 3.63) is 55.4 Å². The molecular formula is C17H19BrFNS. The topological polar surface area (TPSA) is 12.0 Å². The summed E-state index contributed by atoms with van der Waals surface area (Å²) in [5, 5.41) is 3.39. The maximum Gasteiger partial charge on any atom is 0.124 e. The quantitative estimate of drug-likeness (QED) is 0.798. The van der Waals surface area contributed by atoms with E-state index in [-0.39, 0.29) is 11.9 Å². The summed E-state index contributed by atoms with van der Waals surface area (Å²) in [5.41, 5.74) is 2.55. The second kappa shape index (κ2) is 6.59. The molecule has 0 amide bonds. The van der Waals surface area contributed by atoms with Gasteiger partial charge in [0.1, 0.15) is 5.82 Å². The van der Waals surface area contributed by atoms with Gasteiger partial charge >= 0.3 is 0 Å². The zero-order valence-electron chi connectivity index (χ0n) is 12.1. The van der Waals surface area contributed by atoms with Gasteiger partial charge in [0.15, 0.2) is 0 Å². The molecule has 0 aliphatic heterocycles. The van der Waals surface area contributed by atoms with E-state index >= 15 is 0 Å². The molecule has 1 N–H and O–H groups in total. The Morgan fingerprint density at radius 2 is 2.05 bits per heavy atom. The average Bonchev–Trinajstić information content (AvgIpc) is 2.87. The van der Waals surface area contributed by atoms with Crippen LogP contribution in [-0.4, -0.2) is 7.05 Å². The summed E-state index contributed by atoms with van der Waals surface area (Å²) in [6.07, 6.45) is 5.88. The van der Waals surface area contributed by atoms with Crippen molar-refractivity contribution in [2.75, 3.05) is 7.05 Å². The minimum atomic E-state index is -0.181. The first-order chi connectivity index (χ1) is 10.2. The van der Waals surface area contributed by atoms with Crippen LogP contribution in [0.4, 0.5) is 4.39 Å². The first kappa shape index (κ1) is 15.2. The number of halogens is 2. The fourth-order valence-corrected chi connectivity index (χ4v) is 4.88. The molecule has 3 rings (SSSR count). The van der Waals surface area contributed by atoms with Gasteiger partial charge in [-0.1, -0.05) is 15.9 Å². The highest BCUT2D eigenvalue weighted by Gasteiger charge is 2.18. The molecule has 21 heavy (non-hydrogen) atoms. The maximum absolute atomic E-state index is 13.5. The largest absolute Gasteiger partial charge is 0.312 e. The zero-order chi connectivity index (χ0) is 14.8. The molecule has 1 aliphatic carbocycles. The summed E-state index contributed by atoms with van der Waals surface area (Å²) in [4.78, 5) is 2.93. The van der Waals surface area contributed by atoms with Crippen LogP contribution in [-0.2, 0) is 19.3 Å². The number of thiophene rings is 1. The standard InChI is InChI=1S/C17H19BrFNS/c1-20-15(8-11-6-13(18)10-14(19)7-11)17-9-12-4-2-3-5-16(12)21-17/h6-7,9-10,15,20H,2-5,8H2,1H3. The third-order valence-corrected chi connectivity index (χ3v) is 5.88. The van der Waals surface area contributed by atoms with E-state index in [1.54, 1.807) is 10.9 Å². The fraction of sp³-hybridized carbons (Fsp3) is 0.412. The van der Waals surface area contributed by atoms with Crippen molar-refractivity contribution in [2.45, 2.75) is 38.1 Å². The highest BCUT2D eigenvalue weighted by atomic mass is 79.9. The van der Waals surface area contributed by atoms with Gasteiger partial charge in [0, 0.05) is 20.3 Å². The van der Waals surface area contributed by atoms with Crippen LogP contribution in [0, 0.1) is 5.82 Å². The van der Waals surface area contributed by atoms with Crippen molar-refractivity contribution in [2.24, 2.45) is 0 Å². The number of nitrogens with one attached hydrogen (secondary N) is 1. The molecule has 0 fully saturated rings. The van der Waals surface area contributed by atoms with Gasteiger partial charge in [-0.15, -0.1) is 11.3 Å². The lowest BCUT2D eigenvalue weighted by atomic mass is 9.98. The molecule has 0 saturated heterocycles. The lowest BCUT2D eigenvalue weighted by Crippen LogP contribution is -2.17. The van der Waals surface area contributed by atoms with Crippen LogP contribution in [0.2, 0.25) is 0 Å². The number of likely N-dealkylation sites (N-methyl/N-ethyl adjacent to an activating group) is 1. The van der Waals surface area contributed by atoms with Crippen LogP contribution in [0.25, 0.3) is 0 Å². The summed E-state index contributed by atoms with van der Waals surface area (Å²) in [7, 11) is 1.98. The highest BCUT2D eigenvalue weighted by molar-refractivity contribution is 9.10. The summed E-state index contributed by atoms with van der Waals surface area (Å²) >= 11 is 5.30. The summed E-state index contributed by atoms with van der Waals surface area (Å²) in [6.45, 7) is 0. The molecule has 0 radical (unpaired) electrons. The van der Waals surface area contributed by atoms with Crippen molar-refractivity contribution in [3.8, 4) is 0 Å². The van der Waals surface area contributed by atoms with Crippen LogP contribution >= 0.6 is 27.3 Å². The van der Waals surface area contributed by atoms with Crippen LogP contribution in [0.15, 0.2) is 28.7 Å². The normalized spacial score (nSPS) is 15.8. The van der Waals surface area contributed by atoms with E-state index in [9.17, 15) is 4.39 Å². The van der Waals surface area contributed by atoms with Crippen molar-refractivity contribution in [1.82, 2.24) is 5.32 Å². The summed E-state index contributed by atoms with van der Waals surface area (Å²) in [6, 6.07) is 7.74. The van der Waals surface area contributed by atoms with Crippen LogP contribution < -0.4 is 5.32 Å². The highest BCUT2D eigenvalue weighted by Crippen LogP contribution is 2.34. The Morgan fingerprint density at radius 1 is 1.24 bits per heavy atom. The number of hydrogen-bond acceptors (Lipinski definition) is 2. The number of benzene rings is 1. The molecule has 1 unspecified atom stereocenters. The number of fused-ring (bicyclic) bond motifs is 1. The first-order valence-corrected chi connectivity index (χ1v) is 9.00. The molecule has 1 aromatic heterocycles. The van der Waals surface area contributed by atoms with Crippen molar-refractivity contribution in [3.63, 3.8) is 0 Å². The third kappa shape index (κ3) is 3.55. The smallest absolute Gasteiger partial charge is 0.124 e. The van der Waals surface area contributed by atoms with E-state index in [0.29, 0.717) is 0 Å². The Labute approximate surface area is 137 Å². The van der Waals surface area contributed by atoms with Gasteiger partial charge < -0.3 is 5.32 Å². The van der Waals surface area contributed by atoms with Gasteiger partial charge in [0.2, 0.25) is 0 Å². The summed E-state index contributed by atoms with van der Waals surface area (Å²) in [5.74, 6) is -0.181. The fourth-order valence-electron chi connectivity index (χ4n) is 2.99. The Morgan fingerprint density at radius 3 is 2.76 bits per heavy atom. The van der Waals surface area contributed by atoms with Crippen LogP contribution in [0.3, 0.4) is 0 Å². The summed E-state index contributed by atoms with van der Waals surface area (Å²) < 4.78 is 14.3. The molecule has 1 aromatic carbocycles. The van der Waals surface area contributed by atoms with Gasteiger partial charge in [0.05, 0.1) is 0 Å². The maximum atomic E-state index is 13.5. The van der Waals surface area contributed by atoms with E-state index in [4.69, 9.17) is 0 Å². The predicted octanol–water partition coefficient (Wildman–Crippen LogP) is 5.03. The second-order valence-electron chi connectivity index (χ2n) is 5.63. The monoisotopic (exact) mass is 367 g/mol. The van der Waals surface area contributed by atoms with E-state index in [1.165, 1.54) is 42.2 Å². The van der Waals surface area contributed by atoms with E-state index in [1.807, 2.05) is 24.5 Å². The lowest BCUT2D eigenvalue weighted by molar-refractivity contribution is 0.591. The number of aryl methyl sites for hydroxylation is 2. The Bertz CT molecular complexity index is 594. The van der Waals surface area contributed by atoms with Crippen molar-refractivity contribution < 1.29 is 4.39 Å². The molecule has 1 heterocycles. The number of hydrogen-bond donors (Lipinski definition) is 1. The Kier molecular flexibility index (Phi) is 4.77. The third-order valence-electron chi connectivity index (χ3n) is 4.07. The molecule has 1 aliphatic rings. The molecule has 112 valence electrons. The molecular weight excluding hydrogens is 349 g/mol. The van der Waals surface area contributed by atoms with Gasteiger partial charge in [0.25, 0.3) is 0 Å². The second-order valence-corrected chi connectivity index (χ2v) is 7.71. The predicted molar refractivity (Wildman–Crippen MR) is 90.6 cm³/mol. The molecule has 4 heteroatoms. The minimum Gasteiger partial charge on any atom is -0.312 e. The lowest BCUT2D eigenvalue weighted by Gasteiger charge is -2.15. The van der Waals surface area contributed by atoms with Gasteiger partial charge in [-0.2, -0.15) is 0 Å². The Balaban J connectivity index is 1.82. The van der Waals surface area contributed by atoms with Crippen molar-refractivity contribution in [1.29, 1.82) is 0 Å². The SMILES string of the molecule is CNC(Cc1cc(F)cc(Br)c1)c1cc2c(s1)CCCC2. The van der Waals surface area contributed by atoms with Gasteiger partial charge in [-0.25, -0.2) is 4.39 Å². The molecule has 1 nitrogen and oxygen atoms in total. The van der Waals surface area contributed by atoms with Crippen LogP contribution in [0.1, 0.15) is 39.8 Å². The number of rotatable bonds is 4. The average molecular weight is 368 g/mol. The minimum absolute atomic E-state index is 0.181. The van der Waals surface area contributed by atoms with Crippen LogP contribution in [0.5, 0.6) is 0 Å². The first-order valence-electron chi connectivity index (χ1n) is 7.39. The molecule has 0 spiro atoms. The molecule has 0 bridgehead atoms. The Hall–Kier alpha value is -0.710. The van der Waals surface area contributed by atoms with Crippen molar-refractivity contribution >= 4 is 27.3 Å². The van der Waals surface area contributed by atoms with Gasteiger partial charge in [-0.3, -0.25) is 0 Å². The molecule has 2 aromatic rings. The molecule has 1 atom stereocenters. The molecule has 0 saturated carbocycles. The van der Waals surface area contributed by atoms with Gasteiger partial charge in [-0.05, 0) is 74.5 Å². The van der Waals surface area contributed by atoms with E-state index < -0.39 is 0 Å². The van der Waals surface area contributed by atoms with E-state index in [2.05, 4.69) is 27.3 Å². The zero-order valence-corrected chi connectivity index (χ0v) is 14.5. The van der Waals surface area contributed by atoms with E-state index in [0.717, 1.165) is 16.5 Å².